The third-order valence-corrected chi connectivity index (χ3v) is 4.71. The van der Waals surface area contributed by atoms with Crippen LogP contribution in [-0.2, 0) is 4.79 Å². The van der Waals surface area contributed by atoms with Crippen molar-refractivity contribution in [1.29, 1.82) is 0 Å². The Morgan fingerprint density at radius 2 is 2.07 bits per heavy atom. The molecule has 0 unspecified atom stereocenters. The number of aryl methyl sites for hydroxylation is 2. The number of hydrogen-bond donors (Lipinski definition) is 2. The number of nitrogens with one attached hydrogen (secondary N) is 2. The fourth-order valence-electron chi connectivity index (χ4n) is 2.51. The van der Waals surface area contributed by atoms with Gasteiger partial charge < -0.3 is 14.8 Å². The van der Waals surface area contributed by atoms with Gasteiger partial charge in [-0.05, 0) is 55.3 Å². The number of hydrazone groups is 1. The Balaban J connectivity index is 1.57. The molecule has 1 amide bonds. The minimum atomic E-state index is -0.244. The second kappa shape index (κ2) is 9.70. The predicted octanol–water partition coefficient (Wildman–Crippen LogP) is 4.23. The molecule has 0 aliphatic rings. The molecule has 1 heterocycles. The normalized spacial score (nSPS) is 10.7. The molecule has 0 aliphatic carbocycles. The third-order valence-electron chi connectivity index (χ3n) is 3.84. The van der Waals surface area contributed by atoms with E-state index in [0.717, 1.165) is 27.6 Å². The van der Waals surface area contributed by atoms with Crippen LogP contribution in [0.4, 0.5) is 10.8 Å². The van der Waals surface area contributed by atoms with E-state index in [1.807, 2.05) is 49.6 Å². The summed E-state index contributed by atoms with van der Waals surface area (Å²) in [7, 11) is 1.55. The topological polar surface area (TPSA) is 84.8 Å². The molecule has 7 nitrogen and oxygen atoms in total. The van der Waals surface area contributed by atoms with Gasteiger partial charge in [0.15, 0.2) is 18.1 Å². The molecular formula is C21H22N4O3S. The van der Waals surface area contributed by atoms with Crippen molar-refractivity contribution in [3.8, 4) is 11.5 Å². The Morgan fingerprint density at radius 3 is 2.79 bits per heavy atom. The van der Waals surface area contributed by atoms with Gasteiger partial charge in [0.25, 0.3) is 5.91 Å². The number of nitrogens with zero attached hydrogens (tertiary/aromatic N) is 2. The van der Waals surface area contributed by atoms with Crippen molar-refractivity contribution in [3.05, 3.63) is 64.7 Å². The summed E-state index contributed by atoms with van der Waals surface area (Å²) in [6.45, 7) is 3.77. The van der Waals surface area contributed by atoms with Gasteiger partial charge in [0, 0.05) is 11.1 Å². The lowest BCUT2D eigenvalue weighted by Crippen LogP contribution is -2.20. The van der Waals surface area contributed by atoms with Gasteiger partial charge in [0.1, 0.15) is 0 Å². The average molecular weight is 410 g/mol. The summed E-state index contributed by atoms with van der Waals surface area (Å²) in [5.74, 6) is 0.751. The molecule has 0 saturated carbocycles. The van der Waals surface area contributed by atoms with Gasteiger partial charge in [-0.3, -0.25) is 10.2 Å². The molecule has 150 valence electrons. The molecule has 0 spiro atoms. The monoisotopic (exact) mass is 410 g/mol. The summed E-state index contributed by atoms with van der Waals surface area (Å²) in [4.78, 5) is 16.4. The van der Waals surface area contributed by atoms with Crippen LogP contribution in [0.5, 0.6) is 11.5 Å². The molecule has 0 radical (unpaired) electrons. The van der Waals surface area contributed by atoms with Gasteiger partial charge in [-0.2, -0.15) is 5.10 Å². The molecule has 3 rings (SSSR count). The van der Waals surface area contributed by atoms with E-state index in [-0.39, 0.29) is 12.5 Å². The highest BCUT2D eigenvalue weighted by atomic mass is 32.1. The number of amides is 1. The van der Waals surface area contributed by atoms with Crippen LogP contribution in [0, 0.1) is 13.8 Å². The van der Waals surface area contributed by atoms with Crippen LogP contribution < -0.4 is 20.2 Å². The summed E-state index contributed by atoms with van der Waals surface area (Å²) in [5, 5.41) is 9.65. The molecule has 2 aromatic carbocycles. The summed E-state index contributed by atoms with van der Waals surface area (Å²) < 4.78 is 11.0. The van der Waals surface area contributed by atoms with Crippen LogP contribution in [-0.4, -0.2) is 30.8 Å². The Labute approximate surface area is 173 Å². The third kappa shape index (κ3) is 6.05. The summed E-state index contributed by atoms with van der Waals surface area (Å²) in [6, 6.07) is 12.9. The van der Waals surface area contributed by atoms with Crippen molar-refractivity contribution in [2.24, 2.45) is 5.10 Å². The van der Waals surface area contributed by atoms with Crippen molar-refractivity contribution < 1.29 is 14.3 Å². The van der Waals surface area contributed by atoms with Gasteiger partial charge in [-0.15, -0.1) is 11.3 Å². The maximum atomic E-state index is 12.1. The van der Waals surface area contributed by atoms with Crippen molar-refractivity contribution in [1.82, 2.24) is 4.98 Å². The van der Waals surface area contributed by atoms with E-state index in [4.69, 9.17) is 9.47 Å². The lowest BCUT2D eigenvalue weighted by molar-refractivity contribution is -0.118. The van der Waals surface area contributed by atoms with E-state index in [2.05, 4.69) is 20.8 Å². The molecular weight excluding hydrogens is 388 g/mol. The van der Waals surface area contributed by atoms with Crippen LogP contribution in [0.25, 0.3) is 0 Å². The van der Waals surface area contributed by atoms with E-state index >= 15 is 0 Å². The Kier molecular flexibility index (Phi) is 6.80. The zero-order valence-electron chi connectivity index (χ0n) is 16.4. The first kappa shape index (κ1) is 20.3. The van der Waals surface area contributed by atoms with E-state index in [9.17, 15) is 4.79 Å². The first-order valence-corrected chi connectivity index (χ1v) is 9.80. The molecule has 29 heavy (non-hydrogen) atoms. The second-order valence-electron chi connectivity index (χ2n) is 6.28. The zero-order valence-corrected chi connectivity index (χ0v) is 17.2. The highest BCUT2D eigenvalue weighted by molar-refractivity contribution is 7.13. The summed E-state index contributed by atoms with van der Waals surface area (Å²) in [6.07, 6.45) is 1.66. The molecule has 0 atom stereocenters. The van der Waals surface area contributed by atoms with E-state index in [0.29, 0.717) is 11.5 Å². The molecule has 1 aromatic heterocycles. The second-order valence-corrected chi connectivity index (χ2v) is 7.14. The highest BCUT2D eigenvalue weighted by Crippen LogP contribution is 2.27. The molecule has 2 N–H and O–H groups in total. The first-order chi connectivity index (χ1) is 14.0. The van der Waals surface area contributed by atoms with Crippen molar-refractivity contribution in [3.63, 3.8) is 0 Å². The predicted molar refractivity (Wildman–Crippen MR) is 116 cm³/mol. The highest BCUT2D eigenvalue weighted by Gasteiger charge is 2.09. The van der Waals surface area contributed by atoms with Crippen LogP contribution in [0.3, 0.4) is 0 Å². The minimum absolute atomic E-state index is 0.122. The smallest absolute Gasteiger partial charge is 0.262 e. The number of methoxy groups -OCH3 is 1. The minimum Gasteiger partial charge on any atom is -0.493 e. The first-order valence-electron chi connectivity index (χ1n) is 8.92. The quantitative estimate of drug-likeness (QED) is 0.429. The van der Waals surface area contributed by atoms with Gasteiger partial charge in [0.05, 0.1) is 19.0 Å². The van der Waals surface area contributed by atoms with Crippen molar-refractivity contribution in [2.75, 3.05) is 24.5 Å². The van der Waals surface area contributed by atoms with Gasteiger partial charge in [0.2, 0.25) is 5.13 Å². The van der Waals surface area contributed by atoms with Crippen molar-refractivity contribution >= 4 is 34.3 Å². The molecule has 0 bridgehead atoms. The lowest BCUT2D eigenvalue weighted by atomic mass is 10.2. The van der Waals surface area contributed by atoms with Crippen LogP contribution >= 0.6 is 11.3 Å². The van der Waals surface area contributed by atoms with Gasteiger partial charge >= 0.3 is 0 Å². The number of benzene rings is 2. The molecule has 0 saturated heterocycles. The van der Waals surface area contributed by atoms with Crippen LogP contribution in [0.2, 0.25) is 0 Å². The number of hydrogen-bond acceptors (Lipinski definition) is 7. The standard InChI is InChI=1S/C21H22N4O3S/c1-14-5-4-6-17(9-14)24-20(26)12-28-18-8-7-16(10-19(18)27-3)11-22-25-21-23-15(2)13-29-21/h4-11,13H,12H2,1-3H3,(H,23,25)(H,24,26). The van der Waals surface area contributed by atoms with E-state index in [1.54, 1.807) is 25.5 Å². The largest absolute Gasteiger partial charge is 0.493 e. The fraction of sp³-hybridized carbons (Fsp3) is 0.190. The number of carbonyl (C=O) groups excluding carboxylic acids is 1. The number of aromatic nitrogens is 1. The number of anilines is 2. The maximum absolute atomic E-state index is 12.1. The molecule has 0 aliphatic heterocycles. The molecule has 3 aromatic rings. The number of ether oxygens (including phenoxy) is 2. The SMILES string of the molecule is COc1cc(C=NNc2nc(C)cs2)ccc1OCC(=O)Nc1cccc(C)c1. The van der Waals surface area contributed by atoms with Gasteiger partial charge in [-0.1, -0.05) is 12.1 Å². The van der Waals surface area contributed by atoms with Crippen LogP contribution in [0.1, 0.15) is 16.8 Å². The lowest BCUT2D eigenvalue weighted by Gasteiger charge is -2.11. The van der Waals surface area contributed by atoms with E-state index < -0.39 is 0 Å². The molecule has 0 fully saturated rings. The summed E-state index contributed by atoms with van der Waals surface area (Å²) >= 11 is 1.49. The Bertz CT molecular complexity index is 1020. The number of thiazole rings is 1. The van der Waals surface area contributed by atoms with Crippen LogP contribution in [0.15, 0.2) is 52.9 Å². The fourth-order valence-corrected chi connectivity index (χ4v) is 3.15. The number of carbonyl (C=O) groups is 1. The molecule has 8 heteroatoms. The van der Waals surface area contributed by atoms with Crippen molar-refractivity contribution in [2.45, 2.75) is 13.8 Å². The maximum Gasteiger partial charge on any atom is 0.262 e. The summed E-state index contributed by atoms with van der Waals surface area (Å²) in [5.41, 5.74) is 6.46. The van der Waals surface area contributed by atoms with E-state index in [1.165, 1.54) is 11.3 Å². The Morgan fingerprint density at radius 1 is 1.21 bits per heavy atom. The number of rotatable bonds is 8. The van der Waals surface area contributed by atoms with Gasteiger partial charge in [-0.25, -0.2) is 4.98 Å². The Hall–Kier alpha value is -3.39. The zero-order chi connectivity index (χ0) is 20.6. The average Bonchev–Trinajstić information content (AvgIpc) is 3.12.